The lowest BCUT2D eigenvalue weighted by Gasteiger charge is -2.21. The second-order valence-electron chi connectivity index (χ2n) is 5.21. The molecule has 2 atom stereocenters. The van der Waals surface area contributed by atoms with E-state index in [-0.39, 0.29) is 11.7 Å². The molecule has 18 heavy (non-hydrogen) atoms. The Labute approximate surface area is 109 Å². The molecule has 2 rings (SSSR count). The van der Waals surface area contributed by atoms with E-state index in [1.807, 2.05) is 12.1 Å². The molecule has 0 saturated carbocycles. The minimum absolute atomic E-state index is 0.0631. The molecule has 0 amide bonds. The molecule has 0 bridgehead atoms. The molecule has 98 valence electrons. The number of rotatable bonds is 4. The maximum atomic E-state index is 12.3. The van der Waals surface area contributed by atoms with Crippen molar-refractivity contribution in [2.45, 2.75) is 39.0 Å². The van der Waals surface area contributed by atoms with Gasteiger partial charge in [0.15, 0.2) is 5.78 Å². The zero-order valence-electron chi connectivity index (χ0n) is 11.3. The lowest BCUT2D eigenvalue weighted by atomic mass is 9.91. The summed E-state index contributed by atoms with van der Waals surface area (Å²) >= 11 is 0. The van der Waals surface area contributed by atoms with E-state index in [0.717, 1.165) is 31.4 Å². The van der Waals surface area contributed by atoms with Gasteiger partial charge in [0.2, 0.25) is 0 Å². The molecular weight excluding hydrogens is 224 g/mol. The third-order valence-electron chi connectivity index (χ3n) is 3.91. The van der Waals surface area contributed by atoms with Crippen LogP contribution in [0, 0.1) is 5.92 Å². The Kier molecular flexibility index (Phi) is 4.54. The van der Waals surface area contributed by atoms with Gasteiger partial charge in [0.05, 0.1) is 6.61 Å². The van der Waals surface area contributed by atoms with E-state index in [4.69, 9.17) is 4.74 Å². The highest BCUT2D eigenvalue weighted by Crippen LogP contribution is 2.22. The van der Waals surface area contributed by atoms with Crippen molar-refractivity contribution < 1.29 is 9.53 Å². The van der Waals surface area contributed by atoms with E-state index in [2.05, 4.69) is 26.0 Å². The minimum atomic E-state index is 0.0631. The molecule has 0 spiro atoms. The van der Waals surface area contributed by atoms with Gasteiger partial charge >= 0.3 is 0 Å². The van der Waals surface area contributed by atoms with Crippen molar-refractivity contribution in [2.75, 3.05) is 13.2 Å². The van der Waals surface area contributed by atoms with Gasteiger partial charge in [-0.1, -0.05) is 38.1 Å². The molecule has 1 heterocycles. The van der Waals surface area contributed by atoms with Crippen LogP contribution >= 0.6 is 0 Å². The van der Waals surface area contributed by atoms with Crippen molar-refractivity contribution in [3.05, 3.63) is 35.4 Å². The smallest absolute Gasteiger partial charge is 0.168 e. The van der Waals surface area contributed by atoms with Crippen LogP contribution in [-0.4, -0.2) is 19.0 Å². The summed E-state index contributed by atoms with van der Waals surface area (Å²) in [7, 11) is 0. The molecule has 1 aromatic rings. The Hall–Kier alpha value is -1.15. The van der Waals surface area contributed by atoms with Gasteiger partial charge in [-0.15, -0.1) is 0 Å². The lowest BCUT2D eigenvalue weighted by Crippen LogP contribution is -2.25. The van der Waals surface area contributed by atoms with Gasteiger partial charge in [0.25, 0.3) is 0 Å². The molecule has 1 saturated heterocycles. The molecule has 0 radical (unpaired) electrons. The normalized spacial score (nSPS) is 21.6. The highest BCUT2D eigenvalue weighted by atomic mass is 16.5. The summed E-state index contributed by atoms with van der Waals surface area (Å²) in [5, 5.41) is 0. The predicted octanol–water partition coefficient (Wildman–Crippen LogP) is 3.81. The number of ketones is 1. The van der Waals surface area contributed by atoms with Crippen LogP contribution < -0.4 is 0 Å². The van der Waals surface area contributed by atoms with Gasteiger partial charge < -0.3 is 4.74 Å². The maximum absolute atomic E-state index is 12.3. The predicted molar refractivity (Wildman–Crippen MR) is 73.0 cm³/mol. The van der Waals surface area contributed by atoms with Crippen LogP contribution in [0.3, 0.4) is 0 Å². The molecule has 1 aliphatic rings. The molecule has 1 fully saturated rings. The largest absolute Gasteiger partial charge is 0.381 e. The molecule has 2 unspecified atom stereocenters. The molecule has 0 aromatic heterocycles. The summed E-state index contributed by atoms with van der Waals surface area (Å²) in [6, 6.07) is 8.12. The molecule has 0 aliphatic carbocycles. The van der Waals surface area contributed by atoms with Crippen LogP contribution in [-0.2, 0) is 4.74 Å². The Morgan fingerprint density at radius 2 is 2.11 bits per heavy atom. The van der Waals surface area contributed by atoms with Crippen molar-refractivity contribution in [3.63, 3.8) is 0 Å². The molecule has 1 aromatic carbocycles. The van der Waals surface area contributed by atoms with Crippen LogP contribution in [0.5, 0.6) is 0 Å². The van der Waals surface area contributed by atoms with E-state index < -0.39 is 0 Å². The maximum Gasteiger partial charge on any atom is 0.168 e. The van der Waals surface area contributed by atoms with E-state index in [1.54, 1.807) is 0 Å². The summed E-state index contributed by atoms with van der Waals surface area (Å²) in [6.07, 6.45) is 3.09. The summed E-state index contributed by atoms with van der Waals surface area (Å²) in [5.74, 6) is 0.866. The van der Waals surface area contributed by atoms with Gasteiger partial charge in [-0.3, -0.25) is 4.79 Å². The van der Waals surface area contributed by atoms with E-state index in [0.29, 0.717) is 12.5 Å². The van der Waals surface area contributed by atoms with Crippen molar-refractivity contribution in [2.24, 2.45) is 5.92 Å². The number of benzene rings is 1. The zero-order valence-corrected chi connectivity index (χ0v) is 11.3. The fraction of sp³-hybridized carbons (Fsp3) is 0.562. The second kappa shape index (κ2) is 6.14. The number of ether oxygens (including phenoxy) is 1. The van der Waals surface area contributed by atoms with Crippen molar-refractivity contribution >= 4 is 5.78 Å². The fourth-order valence-corrected chi connectivity index (χ4v) is 2.39. The topological polar surface area (TPSA) is 26.3 Å². The lowest BCUT2D eigenvalue weighted by molar-refractivity contribution is 0.0461. The summed E-state index contributed by atoms with van der Waals surface area (Å²) in [5.41, 5.74) is 2.14. The standard InChI is InChI=1S/C16H22O2/c1-3-12(2)13-6-8-14(9-7-13)16(17)15-5-4-10-18-11-15/h6-9,12,15H,3-5,10-11H2,1-2H3. The molecule has 0 N–H and O–H groups in total. The first kappa shape index (κ1) is 13.3. The van der Waals surface area contributed by atoms with Crippen LogP contribution in [0.1, 0.15) is 54.9 Å². The summed E-state index contributed by atoms with van der Waals surface area (Å²) in [6.45, 7) is 5.79. The van der Waals surface area contributed by atoms with Crippen molar-refractivity contribution in [3.8, 4) is 0 Å². The number of carbonyl (C=O) groups is 1. The Bertz CT molecular complexity index is 388. The SMILES string of the molecule is CCC(C)c1ccc(C(=O)C2CCCOC2)cc1. The average molecular weight is 246 g/mol. The van der Waals surface area contributed by atoms with E-state index in [1.165, 1.54) is 5.56 Å². The fourth-order valence-electron chi connectivity index (χ4n) is 2.39. The van der Waals surface area contributed by atoms with Crippen LogP contribution in [0.4, 0.5) is 0 Å². The van der Waals surface area contributed by atoms with Gasteiger partial charge in [-0.05, 0) is 30.7 Å². The van der Waals surface area contributed by atoms with Crippen LogP contribution in [0.15, 0.2) is 24.3 Å². The average Bonchev–Trinajstić information content (AvgIpc) is 2.47. The Balaban J connectivity index is 2.06. The van der Waals surface area contributed by atoms with Gasteiger partial charge in [0.1, 0.15) is 0 Å². The van der Waals surface area contributed by atoms with Crippen LogP contribution in [0.2, 0.25) is 0 Å². The van der Waals surface area contributed by atoms with E-state index in [9.17, 15) is 4.79 Å². The first-order valence-electron chi connectivity index (χ1n) is 6.94. The van der Waals surface area contributed by atoms with Gasteiger partial charge in [-0.2, -0.15) is 0 Å². The Morgan fingerprint density at radius 1 is 1.39 bits per heavy atom. The number of Topliss-reactive ketones (excluding diaryl/α,β-unsaturated/α-hetero) is 1. The molecule has 1 aliphatic heterocycles. The van der Waals surface area contributed by atoms with Gasteiger partial charge in [-0.25, -0.2) is 0 Å². The summed E-state index contributed by atoms with van der Waals surface area (Å²) in [4.78, 5) is 12.3. The van der Waals surface area contributed by atoms with Crippen molar-refractivity contribution in [1.82, 2.24) is 0 Å². The molecule has 2 heteroatoms. The van der Waals surface area contributed by atoms with Crippen LogP contribution in [0.25, 0.3) is 0 Å². The highest BCUT2D eigenvalue weighted by Gasteiger charge is 2.22. The number of hydrogen-bond donors (Lipinski definition) is 0. The molecular formula is C16H22O2. The monoisotopic (exact) mass is 246 g/mol. The quantitative estimate of drug-likeness (QED) is 0.755. The first-order valence-corrected chi connectivity index (χ1v) is 6.94. The second-order valence-corrected chi connectivity index (χ2v) is 5.21. The third-order valence-corrected chi connectivity index (χ3v) is 3.91. The summed E-state index contributed by atoms with van der Waals surface area (Å²) < 4.78 is 5.38. The third kappa shape index (κ3) is 2.99. The number of hydrogen-bond acceptors (Lipinski definition) is 2. The highest BCUT2D eigenvalue weighted by molar-refractivity contribution is 5.98. The number of carbonyl (C=O) groups excluding carboxylic acids is 1. The first-order chi connectivity index (χ1) is 8.72. The van der Waals surface area contributed by atoms with Crippen molar-refractivity contribution in [1.29, 1.82) is 0 Å². The van der Waals surface area contributed by atoms with E-state index >= 15 is 0 Å². The zero-order chi connectivity index (χ0) is 13.0. The molecule has 2 nitrogen and oxygen atoms in total. The Morgan fingerprint density at radius 3 is 2.67 bits per heavy atom. The van der Waals surface area contributed by atoms with Gasteiger partial charge in [0, 0.05) is 18.1 Å². The minimum Gasteiger partial charge on any atom is -0.381 e.